The lowest BCUT2D eigenvalue weighted by Crippen LogP contribution is -2.32. The second kappa shape index (κ2) is 3.47. The molecule has 1 atom stereocenters. The van der Waals surface area contributed by atoms with Gasteiger partial charge in [-0.2, -0.15) is 11.3 Å². The molecule has 3 nitrogen and oxygen atoms in total. The molecule has 2 aromatic rings. The Morgan fingerprint density at radius 2 is 2.47 bits per heavy atom. The zero-order valence-corrected chi connectivity index (χ0v) is 9.20. The topological polar surface area (TPSA) is 43.8 Å². The van der Waals surface area contributed by atoms with Gasteiger partial charge >= 0.3 is 0 Å². The minimum Gasteiger partial charge on any atom is -0.326 e. The fraction of sp³-hybridized carbons (Fsp3) is 0.364. The van der Waals surface area contributed by atoms with E-state index in [0.29, 0.717) is 0 Å². The summed E-state index contributed by atoms with van der Waals surface area (Å²) in [6.07, 6.45) is 4.03. The molecule has 1 aliphatic heterocycles. The summed E-state index contributed by atoms with van der Waals surface area (Å²) in [6, 6.07) is 2.42. The van der Waals surface area contributed by atoms with Gasteiger partial charge in [0.05, 0.1) is 11.9 Å². The molecule has 3 rings (SSSR count). The van der Waals surface area contributed by atoms with Crippen LogP contribution in [-0.2, 0) is 13.0 Å². The van der Waals surface area contributed by atoms with Crippen molar-refractivity contribution in [2.24, 2.45) is 5.73 Å². The van der Waals surface area contributed by atoms with Crippen molar-refractivity contribution in [1.82, 2.24) is 9.55 Å². The van der Waals surface area contributed by atoms with Gasteiger partial charge in [0.1, 0.15) is 5.82 Å². The highest BCUT2D eigenvalue weighted by molar-refractivity contribution is 7.08. The van der Waals surface area contributed by atoms with Gasteiger partial charge < -0.3 is 10.3 Å². The minimum atomic E-state index is 0.282. The zero-order valence-electron chi connectivity index (χ0n) is 8.39. The first-order chi connectivity index (χ1) is 7.34. The van der Waals surface area contributed by atoms with Crippen LogP contribution in [0.3, 0.4) is 0 Å². The average molecular weight is 219 g/mol. The summed E-state index contributed by atoms with van der Waals surface area (Å²) in [7, 11) is 0. The summed E-state index contributed by atoms with van der Waals surface area (Å²) in [5.74, 6) is 1.18. The molecule has 0 saturated heterocycles. The molecule has 0 aliphatic carbocycles. The van der Waals surface area contributed by atoms with E-state index in [1.54, 1.807) is 11.3 Å². The van der Waals surface area contributed by atoms with Crippen LogP contribution in [-0.4, -0.2) is 15.6 Å². The predicted octanol–water partition coefficient (Wildman–Crippen LogP) is 1.89. The Balaban J connectivity index is 2.07. The number of thiophene rings is 1. The van der Waals surface area contributed by atoms with Gasteiger partial charge in [-0.3, -0.25) is 0 Å². The number of aryl methyl sites for hydroxylation is 1. The number of nitrogens with zero attached hydrogens (tertiary/aromatic N) is 2. The lowest BCUT2D eigenvalue weighted by atomic mass is 10.1. The van der Waals surface area contributed by atoms with E-state index in [1.807, 2.05) is 6.20 Å². The van der Waals surface area contributed by atoms with Crippen LogP contribution in [0.1, 0.15) is 12.2 Å². The number of aromatic nitrogens is 2. The molecule has 3 heterocycles. The third-order valence-electron chi connectivity index (χ3n) is 2.91. The first-order valence-electron chi connectivity index (χ1n) is 5.17. The van der Waals surface area contributed by atoms with Crippen LogP contribution in [0.15, 0.2) is 23.0 Å². The van der Waals surface area contributed by atoms with Gasteiger partial charge in [0.2, 0.25) is 0 Å². The van der Waals surface area contributed by atoms with Crippen LogP contribution in [0.4, 0.5) is 0 Å². The quantitative estimate of drug-likeness (QED) is 0.796. The lowest BCUT2D eigenvalue weighted by Gasteiger charge is -2.21. The summed E-state index contributed by atoms with van der Waals surface area (Å²) in [5, 5.41) is 4.25. The highest BCUT2D eigenvalue weighted by Gasteiger charge is 2.19. The number of fused-ring (bicyclic) bond motifs is 1. The van der Waals surface area contributed by atoms with Crippen LogP contribution < -0.4 is 5.73 Å². The number of rotatable bonds is 1. The fourth-order valence-corrected chi connectivity index (χ4v) is 2.75. The van der Waals surface area contributed by atoms with Crippen molar-refractivity contribution in [1.29, 1.82) is 0 Å². The smallest absolute Gasteiger partial charge is 0.109 e. The predicted molar refractivity (Wildman–Crippen MR) is 61.8 cm³/mol. The molecule has 0 spiro atoms. The molecule has 0 fully saturated rings. The largest absolute Gasteiger partial charge is 0.326 e. The van der Waals surface area contributed by atoms with E-state index in [1.165, 1.54) is 17.1 Å². The van der Waals surface area contributed by atoms with E-state index in [0.717, 1.165) is 19.4 Å². The Kier molecular flexibility index (Phi) is 2.11. The molecule has 2 aromatic heterocycles. The molecule has 4 heteroatoms. The molecule has 15 heavy (non-hydrogen) atoms. The summed E-state index contributed by atoms with van der Waals surface area (Å²) in [6.45, 7) is 0.903. The van der Waals surface area contributed by atoms with Crippen molar-refractivity contribution in [3.05, 3.63) is 28.8 Å². The maximum Gasteiger partial charge on any atom is 0.109 e. The Morgan fingerprint density at radius 3 is 3.27 bits per heavy atom. The maximum absolute atomic E-state index is 5.99. The van der Waals surface area contributed by atoms with Crippen LogP contribution >= 0.6 is 11.3 Å². The van der Waals surface area contributed by atoms with Crippen LogP contribution in [0.25, 0.3) is 11.3 Å². The molecule has 1 unspecified atom stereocenters. The van der Waals surface area contributed by atoms with Crippen molar-refractivity contribution in [2.75, 3.05) is 0 Å². The summed E-state index contributed by atoms with van der Waals surface area (Å²) < 4.78 is 2.26. The normalized spacial score (nSPS) is 20.2. The van der Waals surface area contributed by atoms with E-state index in [9.17, 15) is 0 Å². The second-order valence-electron chi connectivity index (χ2n) is 3.98. The van der Waals surface area contributed by atoms with E-state index in [2.05, 4.69) is 26.4 Å². The first-order valence-corrected chi connectivity index (χ1v) is 6.11. The van der Waals surface area contributed by atoms with Gasteiger partial charge in [0.25, 0.3) is 0 Å². The summed E-state index contributed by atoms with van der Waals surface area (Å²) in [4.78, 5) is 4.46. The van der Waals surface area contributed by atoms with Gasteiger partial charge in [0, 0.05) is 30.0 Å². The molecule has 0 radical (unpaired) electrons. The second-order valence-corrected chi connectivity index (χ2v) is 4.76. The highest BCUT2D eigenvalue weighted by atomic mass is 32.1. The molecule has 1 aliphatic rings. The number of nitrogens with two attached hydrogens (primary N) is 1. The molecule has 78 valence electrons. The molecule has 0 saturated carbocycles. The number of imidazole rings is 1. The van der Waals surface area contributed by atoms with Crippen molar-refractivity contribution in [3.63, 3.8) is 0 Å². The Morgan fingerprint density at radius 1 is 1.53 bits per heavy atom. The third-order valence-corrected chi connectivity index (χ3v) is 3.59. The van der Waals surface area contributed by atoms with Gasteiger partial charge in [-0.25, -0.2) is 4.98 Å². The molecule has 0 aromatic carbocycles. The van der Waals surface area contributed by atoms with Gasteiger partial charge in [-0.1, -0.05) is 0 Å². The molecular formula is C11H13N3S. The highest BCUT2D eigenvalue weighted by Crippen LogP contribution is 2.26. The molecular weight excluding hydrogens is 206 g/mol. The van der Waals surface area contributed by atoms with Crippen LogP contribution in [0.5, 0.6) is 0 Å². The monoisotopic (exact) mass is 219 g/mol. The Labute approximate surface area is 92.6 Å². The Hall–Kier alpha value is -1.13. The minimum absolute atomic E-state index is 0.282. The lowest BCUT2D eigenvalue weighted by molar-refractivity contribution is 0.456. The standard InChI is InChI=1S/C11H13N3S/c12-9-1-2-11-13-5-10(14(11)6-9)8-3-4-15-7-8/h3-5,7,9H,1-2,6,12H2. The first kappa shape index (κ1) is 9.12. The van der Waals surface area contributed by atoms with Crippen molar-refractivity contribution < 1.29 is 0 Å². The van der Waals surface area contributed by atoms with Gasteiger partial charge in [0.15, 0.2) is 0 Å². The van der Waals surface area contributed by atoms with E-state index in [4.69, 9.17) is 5.73 Å². The van der Waals surface area contributed by atoms with Gasteiger partial charge in [-0.05, 0) is 17.9 Å². The summed E-state index contributed by atoms with van der Waals surface area (Å²) >= 11 is 1.72. The SMILES string of the molecule is NC1CCc2ncc(-c3ccsc3)n2C1. The van der Waals surface area contributed by atoms with Crippen molar-refractivity contribution >= 4 is 11.3 Å². The van der Waals surface area contributed by atoms with Crippen LogP contribution in [0, 0.1) is 0 Å². The van der Waals surface area contributed by atoms with E-state index >= 15 is 0 Å². The zero-order chi connectivity index (χ0) is 10.3. The summed E-state index contributed by atoms with van der Waals surface area (Å²) in [5.41, 5.74) is 8.45. The molecule has 0 amide bonds. The van der Waals surface area contributed by atoms with E-state index in [-0.39, 0.29) is 6.04 Å². The van der Waals surface area contributed by atoms with E-state index < -0.39 is 0 Å². The number of hydrogen-bond acceptors (Lipinski definition) is 3. The van der Waals surface area contributed by atoms with Crippen LogP contribution in [0.2, 0.25) is 0 Å². The average Bonchev–Trinajstić information content (AvgIpc) is 2.83. The Bertz CT molecular complexity index is 458. The molecule has 2 N–H and O–H groups in total. The maximum atomic E-state index is 5.99. The van der Waals surface area contributed by atoms with Crippen molar-refractivity contribution in [2.45, 2.75) is 25.4 Å². The molecule has 0 bridgehead atoms. The number of hydrogen-bond donors (Lipinski definition) is 1. The van der Waals surface area contributed by atoms with Gasteiger partial charge in [-0.15, -0.1) is 0 Å². The third kappa shape index (κ3) is 1.50. The fourth-order valence-electron chi connectivity index (χ4n) is 2.10. The van der Waals surface area contributed by atoms with Crippen molar-refractivity contribution in [3.8, 4) is 11.3 Å².